The van der Waals surface area contributed by atoms with Crippen molar-refractivity contribution in [2.75, 3.05) is 23.4 Å². The van der Waals surface area contributed by atoms with Gasteiger partial charge in [0.2, 0.25) is 0 Å². The molecule has 0 bridgehead atoms. The van der Waals surface area contributed by atoms with Gasteiger partial charge in [-0.05, 0) is 42.7 Å². The zero-order valence-electron chi connectivity index (χ0n) is 15.1. The van der Waals surface area contributed by atoms with E-state index in [-0.39, 0.29) is 0 Å². The smallest absolute Gasteiger partial charge is 0.0487 e. The Labute approximate surface area is 147 Å². The lowest BCUT2D eigenvalue weighted by molar-refractivity contribution is 0.678. The highest BCUT2D eigenvalue weighted by Gasteiger charge is 2.05. The molecule has 3 heteroatoms. The first kappa shape index (κ1) is 18.3. The van der Waals surface area contributed by atoms with Crippen molar-refractivity contribution in [2.24, 2.45) is 0 Å². The van der Waals surface area contributed by atoms with Gasteiger partial charge >= 0.3 is 0 Å². The topological polar surface area (TPSA) is 27.3 Å². The minimum absolute atomic E-state index is 0.805. The molecule has 2 N–H and O–H groups in total. The summed E-state index contributed by atoms with van der Waals surface area (Å²) in [7, 11) is 0. The van der Waals surface area contributed by atoms with Gasteiger partial charge in [-0.3, -0.25) is 0 Å². The van der Waals surface area contributed by atoms with Crippen LogP contribution >= 0.6 is 0 Å². The zero-order chi connectivity index (χ0) is 17.0. The Morgan fingerprint density at radius 3 is 2.00 bits per heavy atom. The number of unbranched alkanes of at least 4 members (excludes halogenated alkanes) is 2. The molecule has 0 radical (unpaired) electrons. The summed E-state index contributed by atoms with van der Waals surface area (Å²) in [5, 5.41) is 0. The molecule has 3 nitrogen and oxygen atoms in total. The van der Waals surface area contributed by atoms with E-state index in [2.05, 4.69) is 66.0 Å². The molecular weight excluding hydrogens is 294 g/mol. The third-order valence-corrected chi connectivity index (χ3v) is 4.16. The van der Waals surface area contributed by atoms with Crippen LogP contribution in [0.1, 0.15) is 45.1 Å². The maximum Gasteiger partial charge on any atom is 0.0487 e. The van der Waals surface area contributed by atoms with Gasteiger partial charge in [-0.1, -0.05) is 57.0 Å². The quantitative estimate of drug-likeness (QED) is 0.555. The van der Waals surface area contributed by atoms with Crippen LogP contribution in [0.2, 0.25) is 0 Å². The van der Waals surface area contributed by atoms with E-state index in [1.165, 1.54) is 36.9 Å². The molecule has 2 aromatic carbocycles. The summed E-state index contributed by atoms with van der Waals surface area (Å²) < 4.78 is 0. The minimum atomic E-state index is 0.805. The number of nitrogens with zero attached hydrogens (tertiary/aromatic N) is 1. The number of rotatable bonds is 11. The van der Waals surface area contributed by atoms with Crippen LogP contribution in [0.5, 0.6) is 0 Å². The highest BCUT2D eigenvalue weighted by molar-refractivity contribution is 5.47. The molecule has 0 spiro atoms. The lowest BCUT2D eigenvalue weighted by Gasteiger charge is -2.25. The zero-order valence-corrected chi connectivity index (χ0v) is 15.1. The number of hydrazine groups is 1. The molecule has 2 aromatic rings. The SMILES string of the molecule is CCCCN(CCCC)c1ccc(CNNc2ccccc2)cc1. The van der Waals surface area contributed by atoms with Gasteiger partial charge in [-0.2, -0.15) is 0 Å². The van der Waals surface area contributed by atoms with Crippen molar-refractivity contribution in [1.29, 1.82) is 0 Å². The fourth-order valence-corrected chi connectivity index (χ4v) is 2.66. The minimum Gasteiger partial charge on any atom is -0.372 e. The third-order valence-electron chi connectivity index (χ3n) is 4.16. The Kier molecular flexibility index (Phi) is 8.19. The maximum atomic E-state index is 3.27. The highest BCUT2D eigenvalue weighted by atomic mass is 15.3. The predicted molar refractivity (Wildman–Crippen MR) is 105 cm³/mol. The van der Waals surface area contributed by atoms with E-state index in [1.807, 2.05) is 18.2 Å². The molecule has 0 aromatic heterocycles. The Balaban J connectivity index is 1.85. The monoisotopic (exact) mass is 325 g/mol. The first-order chi connectivity index (χ1) is 11.8. The number of para-hydroxylation sites is 1. The van der Waals surface area contributed by atoms with Crippen LogP contribution in [0.3, 0.4) is 0 Å². The van der Waals surface area contributed by atoms with Crippen LogP contribution < -0.4 is 15.8 Å². The van der Waals surface area contributed by atoms with Crippen molar-refractivity contribution >= 4 is 11.4 Å². The summed E-state index contributed by atoms with van der Waals surface area (Å²) in [6.07, 6.45) is 5.01. The molecule has 0 atom stereocenters. The number of nitrogens with one attached hydrogen (secondary N) is 2. The van der Waals surface area contributed by atoms with Crippen LogP contribution in [-0.4, -0.2) is 13.1 Å². The van der Waals surface area contributed by atoms with Crippen molar-refractivity contribution in [2.45, 2.75) is 46.1 Å². The van der Waals surface area contributed by atoms with Gasteiger partial charge in [0, 0.05) is 31.0 Å². The van der Waals surface area contributed by atoms with Crippen molar-refractivity contribution in [3.8, 4) is 0 Å². The van der Waals surface area contributed by atoms with Crippen LogP contribution in [0.15, 0.2) is 54.6 Å². The van der Waals surface area contributed by atoms with Gasteiger partial charge < -0.3 is 10.3 Å². The van der Waals surface area contributed by atoms with Gasteiger partial charge in [-0.25, -0.2) is 5.43 Å². The third kappa shape index (κ3) is 6.25. The average Bonchev–Trinajstić information content (AvgIpc) is 2.64. The Morgan fingerprint density at radius 1 is 0.792 bits per heavy atom. The van der Waals surface area contributed by atoms with E-state index >= 15 is 0 Å². The molecule has 0 aliphatic rings. The Hall–Kier alpha value is -2.00. The molecule has 0 saturated carbocycles. The Morgan fingerprint density at radius 2 is 1.42 bits per heavy atom. The summed E-state index contributed by atoms with van der Waals surface area (Å²) in [5.74, 6) is 0. The number of benzene rings is 2. The van der Waals surface area contributed by atoms with Crippen LogP contribution in [0.25, 0.3) is 0 Å². The number of anilines is 2. The van der Waals surface area contributed by atoms with E-state index in [0.29, 0.717) is 0 Å². The average molecular weight is 326 g/mol. The molecule has 0 aliphatic heterocycles. The van der Waals surface area contributed by atoms with Crippen molar-refractivity contribution < 1.29 is 0 Å². The Bertz CT molecular complexity index is 543. The lowest BCUT2D eigenvalue weighted by Crippen LogP contribution is -2.25. The van der Waals surface area contributed by atoms with E-state index in [0.717, 1.165) is 25.3 Å². The van der Waals surface area contributed by atoms with E-state index in [9.17, 15) is 0 Å². The molecule has 0 saturated heterocycles. The molecule has 2 rings (SSSR count). The molecule has 0 aliphatic carbocycles. The summed E-state index contributed by atoms with van der Waals surface area (Å²) >= 11 is 0. The van der Waals surface area contributed by atoms with Crippen LogP contribution in [0.4, 0.5) is 11.4 Å². The van der Waals surface area contributed by atoms with Crippen molar-refractivity contribution in [1.82, 2.24) is 5.43 Å². The van der Waals surface area contributed by atoms with Gasteiger partial charge in [0.25, 0.3) is 0 Å². The molecular formula is C21H31N3. The summed E-state index contributed by atoms with van der Waals surface area (Å²) in [5.41, 5.74) is 10.2. The normalized spacial score (nSPS) is 10.6. The number of hydrogen-bond acceptors (Lipinski definition) is 3. The first-order valence-electron chi connectivity index (χ1n) is 9.21. The second-order valence-corrected chi connectivity index (χ2v) is 6.21. The van der Waals surface area contributed by atoms with E-state index in [4.69, 9.17) is 0 Å². The largest absolute Gasteiger partial charge is 0.372 e. The molecule has 0 unspecified atom stereocenters. The molecule has 24 heavy (non-hydrogen) atoms. The van der Waals surface area contributed by atoms with Crippen molar-refractivity contribution in [3.05, 3.63) is 60.2 Å². The first-order valence-corrected chi connectivity index (χ1v) is 9.21. The fraction of sp³-hybridized carbons (Fsp3) is 0.429. The molecule has 0 amide bonds. The van der Waals surface area contributed by atoms with Gasteiger partial charge in [0.1, 0.15) is 0 Å². The summed E-state index contributed by atoms with van der Waals surface area (Å²) in [6, 6.07) is 19.1. The summed E-state index contributed by atoms with van der Waals surface area (Å²) in [4.78, 5) is 2.52. The number of hydrogen-bond donors (Lipinski definition) is 2. The van der Waals surface area contributed by atoms with Crippen molar-refractivity contribution in [3.63, 3.8) is 0 Å². The van der Waals surface area contributed by atoms with Gasteiger partial charge in [-0.15, -0.1) is 0 Å². The second kappa shape index (κ2) is 10.7. The maximum absolute atomic E-state index is 3.27. The van der Waals surface area contributed by atoms with Gasteiger partial charge in [0.05, 0.1) is 0 Å². The standard InChI is InChI=1S/C21H31N3/c1-3-5-16-24(17-6-4-2)21-14-12-19(13-15-21)18-22-23-20-10-8-7-9-11-20/h7-15,22-23H,3-6,16-18H2,1-2H3. The van der Waals surface area contributed by atoms with Crippen LogP contribution in [0, 0.1) is 0 Å². The second-order valence-electron chi connectivity index (χ2n) is 6.21. The van der Waals surface area contributed by atoms with Gasteiger partial charge in [0.15, 0.2) is 0 Å². The van der Waals surface area contributed by atoms with E-state index in [1.54, 1.807) is 0 Å². The molecule has 130 valence electrons. The fourth-order valence-electron chi connectivity index (χ4n) is 2.66. The van der Waals surface area contributed by atoms with Crippen LogP contribution in [-0.2, 0) is 6.54 Å². The summed E-state index contributed by atoms with van der Waals surface area (Å²) in [6.45, 7) is 7.63. The lowest BCUT2D eigenvalue weighted by atomic mass is 10.1. The predicted octanol–water partition coefficient (Wildman–Crippen LogP) is 5.21. The molecule has 0 fully saturated rings. The van der Waals surface area contributed by atoms with E-state index < -0.39 is 0 Å². The molecule has 0 heterocycles. The highest BCUT2D eigenvalue weighted by Crippen LogP contribution is 2.17.